The summed E-state index contributed by atoms with van der Waals surface area (Å²) in [6.45, 7) is 1.88. The van der Waals surface area contributed by atoms with Gasteiger partial charge in [-0.25, -0.2) is 0 Å². The van der Waals surface area contributed by atoms with Gasteiger partial charge < -0.3 is 0 Å². The SMILES string of the molecule is CCCCC(=O)/C=C/C(F)(F)F. The molecule has 70 valence electrons. The van der Waals surface area contributed by atoms with Crippen LogP contribution in [0.1, 0.15) is 26.2 Å². The molecule has 0 rings (SSSR count). The summed E-state index contributed by atoms with van der Waals surface area (Å²) in [5.74, 6) is -0.464. The van der Waals surface area contributed by atoms with Crippen molar-refractivity contribution in [2.24, 2.45) is 0 Å². The normalized spacial score (nSPS) is 12.3. The minimum absolute atomic E-state index is 0.0228. The van der Waals surface area contributed by atoms with Gasteiger partial charge >= 0.3 is 6.18 Å². The summed E-state index contributed by atoms with van der Waals surface area (Å²) in [5, 5.41) is 0. The fourth-order valence-corrected chi connectivity index (χ4v) is 0.622. The van der Waals surface area contributed by atoms with Gasteiger partial charge in [0.2, 0.25) is 0 Å². The zero-order valence-electron chi connectivity index (χ0n) is 6.82. The van der Waals surface area contributed by atoms with Crippen molar-refractivity contribution in [3.05, 3.63) is 12.2 Å². The van der Waals surface area contributed by atoms with Gasteiger partial charge in [0.05, 0.1) is 0 Å². The molecule has 1 nitrogen and oxygen atoms in total. The van der Waals surface area contributed by atoms with E-state index < -0.39 is 12.0 Å². The summed E-state index contributed by atoms with van der Waals surface area (Å²) >= 11 is 0. The van der Waals surface area contributed by atoms with Crippen LogP contribution in [0.5, 0.6) is 0 Å². The fraction of sp³-hybridized carbons (Fsp3) is 0.625. The first kappa shape index (κ1) is 11.2. The van der Waals surface area contributed by atoms with Crippen LogP contribution in [0, 0.1) is 0 Å². The highest BCUT2D eigenvalue weighted by atomic mass is 19.4. The molecule has 0 aromatic carbocycles. The van der Waals surface area contributed by atoms with Crippen molar-refractivity contribution in [3.63, 3.8) is 0 Å². The maximum absolute atomic E-state index is 11.5. The molecule has 0 aromatic rings. The molecule has 0 aliphatic carbocycles. The number of rotatable bonds is 4. The van der Waals surface area contributed by atoms with Crippen molar-refractivity contribution in [1.29, 1.82) is 0 Å². The lowest BCUT2D eigenvalue weighted by Crippen LogP contribution is -2.03. The molecule has 0 aliphatic rings. The Labute approximate surface area is 69.3 Å². The van der Waals surface area contributed by atoms with E-state index in [9.17, 15) is 18.0 Å². The molecule has 0 spiro atoms. The minimum atomic E-state index is -4.37. The third kappa shape index (κ3) is 7.31. The first-order valence-electron chi connectivity index (χ1n) is 3.74. The predicted octanol–water partition coefficient (Wildman–Crippen LogP) is 2.86. The van der Waals surface area contributed by atoms with Crippen LogP contribution in [0.2, 0.25) is 0 Å². The zero-order valence-corrected chi connectivity index (χ0v) is 6.82. The fourth-order valence-electron chi connectivity index (χ4n) is 0.622. The molecule has 4 heteroatoms. The lowest BCUT2D eigenvalue weighted by atomic mass is 10.2. The number of halogens is 3. The molecular weight excluding hydrogens is 169 g/mol. The van der Waals surface area contributed by atoms with E-state index in [0.29, 0.717) is 12.5 Å². The van der Waals surface area contributed by atoms with Crippen molar-refractivity contribution >= 4 is 5.78 Å². The summed E-state index contributed by atoms with van der Waals surface area (Å²) in [5.41, 5.74) is 0. The summed E-state index contributed by atoms with van der Waals surface area (Å²) < 4.78 is 34.5. The maximum Gasteiger partial charge on any atom is 0.409 e. The van der Waals surface area contributed by atoms with Gasteiger partial charge in [0.25, 0.3) is 0 Å². The van der Waals surface area contributed by atoms with E-state index in [1.807, 2.05) is 6.92 Å². The molecule has 0 fully saturated rings. The smallest absolute Gasteiger partial charge is 0.295 e. The molecule has 0 N–H and O–H groups in total. The summed E-state index contributed by atoms with van der Waals surface area (Å²) in [7, 11) is 0. The molecule has 12 heavy (non-hydrogen) atoms. The van der Waals surface area contributed by atoms with Crippen LogP contribution in [-0.4, -0.2) is 12.0 Å². The lowest BCUT2D eigenvalue weighted by molar-refractivity contribution is -0.115. The standard InChI is InChI=1S/C8H11F3O/c1-2-3-4-7(12)5-6-8(9,10)11/h5-6H,2-4H2,1H3/b6-5+. The highest BCUT2D eigenvalue weighted by molar-refractivity contribution is 5.89. The van der Waals surface area contributed by atoms with Gasteiger partial charge in [-0.15, -0.1) is 0 Å². The maximum atomic E-state index is 11.5. The van der Waals surface area contributed by atoms with Crippen LogP contribution >= 0.6 is 0 Å². The number of hydrogen-bond acceptors (Lipinski definition) is 1. The number of alkyl halides is 3. The van der Waals surface area contributed by atoms with E-state index >= 15 is 0 Å². The molecule has 0 saturated heterocycles. The monoisotopic (exact) mass is 180 g/mol. The third-order valence-corrected chi connectivity index (χ3v) is 1.23. The Kier molecular flexibility index (Phi) is 4.62. The van der Waals surface area contributed by atoms with E-state index in [1.54, 1.807) is 0 Å². The highest BCUT2D eigenvalue weighted by Crippen LogP contribution is 2.16. The second-order valence-electron chi connectivity index (χ2n) is 2.44. The average molecular weight is 180 g/mol. The number of ketones is 1. The van der Waals surface area contributed by atoms with E-state index in [-0.39, 0.29) is 12.5 Å². The molecule has 0 atom stereocenters. The quantitative estimate of drug-likeness (QED) is 0.608. The van der Waals surface area contributed by atoms with E-state index in [0.717, 1.165) is 6.42 Å². The van der Waals surface area contributed by atoms with Gasteiger partial charge in [-0.3, -0.25) is 4.79 Å². The van der Waals surface area contributed by atoms with Crippen molar-refractivity contribution in [1.82, 2.24) is 0 Å². The van der Waals surface area contributed by atoms with Crippen molar-refractivity contribution < 1.29 is 18.0 Å². The third-order valence-electron chi connectivity index (χ3n) is 1.23. The Balaban J connectivity index is 3.76. The largest absolute Gasteiger partial charge is 0.409 e. The molecule has 0 unspecified atom stereocenters. The number of hydrogen-bond donors (Lipinski definition) is 0. The first-order valence-corrected chi connectivity index (χ1v) is 3.74. The van der Waals surface area contributed by atoms with Crippen molar-refractivity contribution in [2.75, 3.05) is 0 Å². The van der Waals surface area contributed by atoms with E-state index in [4.69, 9.17) is 0 Å². The molecule has 0 radical (unpaired) electrons. The number of carbonyl (C=O) groups excluding carboxylic acids is 1. The molecule has 0 aliphatic heterocycles. The van der Waals surface area contributed by atoms with Gasteiger partial charge in [-0.2, -0.15) is 13.2 Å². The van der Waals surface area contributed by atoms with Crippen molar-refractivity contribution in [2.45, 2.75) is 32.4 Å². The Hall–Kier alpha value is -0.800. The molecule has 0 bridgehead atoms. The van der Waals surface area contributed by atoms with Crippen LogP contribution in [0.4, 0.5) is 13.2 Å². The summed E-state index contributed by atoms with van der Waals surface area (Å²) in [6.07, 6.45) is -2.15. The predicted molar refractivity (Wildman–Crippen MR) is 39.7 cm³/mol. The Bertz CT molecular complexity index is 170. The van der Waals surface area contributed by atoms with Crippen LogP contribution in [0.3, 0.4) is 0 Å². The topological polar surface area (TPSA) is 17.1 Å². The van der Waals surface area contributed by atoms with Crippen LogP contribution < -0.4 is 0 Å². The minimum Gasteiger partial charge on any atom is -0.295 e. The lowest BCUT2D eigenvalue weighted by Gasteiger charge is -1.96. The Morgan fingerprint density at radius 1 is 1.42 bits per heavy atom. The van der Waals surface area contributed by atoms with Gasteiger partial charge in [0, 0.05) is 12.5 Å². The number of allylic oxidation sites excluding steroid dienone is 2. The average Bonchev–Trinajstić information content (AvgIpc) is 1.95. The first-order chi connectivity index (χ1) is 5.45. The van der Waals surface area contributed by atoms with Crippen LogP contribution in [0.25, 0.3) is 0 Å². The zero-order chi connectivity index (χ0) is 9.61. The van der Waals surface area contributed by atoms with Crippen molar-refractivity contribution in [3.8, 4) is 0 Å². The summed E-state index contributed by atoms with van der Waals surface area (Å²) in [6, 6.07) is 0. The van der Waals surface area contributed by atoms with Gasteiger partial charge in [0.15, 0.2) is 5.78 Å². The molecule has 0 amide bonds. The van der Waals surface area contributed by atoms with E-state index in [1.165, 1.54) is 0 Å². The Morgan fingerprint density at radius 3 is 2.42 bits per heavy atom. The van der Waals surface area contributed by atoms with Gasteiger partial charge in [-0.05, 0) is 12.5 Å². The second kappa shape index (κ2) is 4.95. The highest BCUT2D eigenvalue weighted by Gasteiger charge is 2.22. The Morgan fingerprint density at radius 2 is 2.00 bits per heavy atom. The van der Waals surface area contributed by atoms with E-state index in [2.05, 4.69) is 0 Å². The van der Waals surface area contributed by atoms with Gasteiger partial charge in [0.1, 0.15) is 0 Å². The second-order valence-corrected chi connectivity index (χ2v) is 2.44. The van der Waals surface area contributed by atoms with Crippen LogP contribution in [-0.2, 0) is 4.79 Å². The molecule has 0 saturated carbocycles. The molecule has 0 aromatic heterocycles. The summed E-state index contributed by atoms with van der Waals surface area (Å²) in [4.78, 5) is 10.7. The molecular formula is C8H11F3O. The van der Waals surface area contributed by atoms with Gasteiger partial charge in [-0.1, -0.05) is 13.3 Å². The number of carbonyl (C=O) groups is 1. The van der Waals surface area contributed by atoms with Crippen LogP contribution in [0.15, 0.2) is 12.2 Å². The number of unbranched alkanes of at least 4 members (excludes halogenated alkanes) is 1. The molecule has 0 heterocycles.